The molecule has 0 amide bonds. The van der Waals surface area contributed by atoms with Crippen LogP contribution in [0, 0.1) is 0 Å². The van der Waals surface area contributed by atoms with Crippen molar-refractivity contribution >= 4 is 27.3 Å². The van der Waals surface area contributed by atoms with E-state index in [-0.39, 0.29) is 17.9 Å². The molecule has 4 aromatic rings. The molecule has 0 aliphatic heterocycles. The summed E-state index contributed by atoms with van der Waals surface area (Å²) in [7, 11) is 3.02. The molecule has 164 valence electrons. The monoisotopic (exact) mass is 440 g/mol. The van der Waals surface area contributed by atoms with E-state index in [1.165, 1.54) is 14.2 Å². The molecular formula is C25H20N4O4. The molecule has 1 aliphatic carbocycles. The lowest BCUT2D eigenvalue weighted by Gasteiger charge is -2.16. The maximum atomic E-state index is 13.9. The van der Waals surface area contributed by atoms with Crippen LogP contribution in [0.15, 0.2) is 58.4 Å². The number of nitrogens with zero attached hydrogens (tertiary/aromatic N) is 4. The summed E-state index contributed by atoms with van der Waals surface area (Å²) in [6.07, 6.45) is 0.465. The first kappa shape index (κ1) is 20.6. The first-order valence-corrected chi connectivity index (χ1v) is 10.5. The summed E-state index contributed by atoms with van der Waals surface area (Å²) in [4.78, 5) is 30.3. The van der Waals surface area contributed by atoms with Gasteiger partial charge >= 0.3 is 0 Å². The number of hydrogen-bond donors (Lipinski definition) is 0. The van der Waals surface area contributed by atoms with Gasteiger partial charge in [0, 0.05) is 34.5 Å². The maximum absolute atomic E-state index is 13.9. The van der Waals surface area contributed by atoms with E-state index in [0.29, 0.717) is 52.1 Å². The smallest absolute Gasteiger partial charge is 0.259 e. The van der Waals surface area contributed by atoms with Crippen LogP contribution >= 0.6 is 0 Å². The summed E-state index contributed by atoms with van der Waals surface area (Å²) in [5.74, 6) is 0.732. The van der Waals surface area contributed by atoms with Crippen LogP contribution in [0.3, 0.4) is 0 Å². The number of benzene rings is 3. The SMILES string of the molecule is COc1cc2c3c(n(CCCN=[N+]=[N-])c(=O)c2cc1OC)-c1ccc2ccccc2c1C3=O. The van der Waals surface area contributed by atoms with Gasteiger partial charge in [-0.25, -0.2) is 0 Å². The van der Waals surface area contributed by atoms with E-state index in [1.807, 2.05) is 36.4 Å². The summed E-state index contributed by atoms with van der Waals surface area (Å²) in [5, 5.41) is 6.29. The largest absolute Gasteiger partial charge is 0.493 e. The van der Waals surface area contributed by atoms with Gasteiger partial charge in [-0.2, -0.15) is 0 Å². The zero-order valence-electron chi connectivity index (χ0n) is 18.2. The Hall–Kier alpha value is -4.29. The molecule has 1 heterocycles. The Morgan fingerprint density at radius 3 is 2.39 bits per heavy atom. The van der Waals surface area contributed by atoms with Gasteiger partial charge in [0.2, 0.25) is 0 Å². The van der Waals surface area contributed by atoms with Crippen molar-refractivity contribution in [2.45, 2.75) is 13.0 Å². The van der Waals surface area contributed by atoms with E-state index in [2.05, 4.69) is 10.0 Å². The highest BCUT2D eigenvalue weighted by Gasteiger charge is 2.34. The Morgan fingerprint density at radius 2 is 1.67 bits per heavy atom. The highest BCUT2D eigenvalue weighted by molar-refractivity contribution is 6.31. The van der Waals surface area contributed by atoms with Crippen molar-refractivity contribution < 1.29 is 14.3 Å². The van der Waals surface area contributed by atoms with Crippen LogP contribution in [0.25, 0.3) is 43.2 Å². The highest BCUT2D eigenvalue weighted by Crippen LogP contribution is 2.44. The van der Waals surface area contributed by atoms with Crippen molar-refractivity contribution in [3.63, 3.8) is 0 Å². The number of azide groups is 1. The van der Waals surface area contributed by atoms with Crippen molar-refractivity contribution in [1.82, 2.24) is 4.57 Å². The lowest BCUT2D eigenvalue weighted by Crippen LogP contribution is -2.24. The summed E-state index contributed by atoms with van der Waals surface area (Å²) in [6, 6.07) is 14.9. The summed E-state index contributed by atoms with van der Waals surface area (Å²) in [6.45, 7) is 0.560. The van der Waals surface area contributed by atoms with Crippen molar-refractivity contribution in [1.29, 1.82) is 0 Å². The Balaban J connectivity index is 1.88. The number of fused-ring (bicyclic) bond motifs is 7. The Bertz CT molecular complexity index is 1570. The van der Waals surface area contributed by atoms with Gasteiger partial charge in [0.05, 0.1) is 30.9 Å². The van der Waals surface area contributed by atoms with Gasteiger partial charge < -0.3 is 14.0 Å². The van der Waals surface area contributed by atoms with Gasteiger partial charge in [0.1, 0.15) is 0 Å². The normalized spacial score (nSPS) is 11.9. The van der Waals surface area contributed by atoms with E-state index >= 15 is 0 Å². The number of rotatable bonds is 6. The molecule has 0 N–H and O–H groups in total. The van der Waals surface area contributed by atoms with Crippen LogP contribution < -0.4 is 15.0 Å². The quantitative estimate of drug-likeness (QED) is 0.159. The molecule has 33 heavy (non-hydrogen) atoms. The molecule has 1 aliphatic rings. The number of aromatic nitrogens is 1. The fourth-order valence-electron chi connectivity index (χ4n) is 4.68. The predicted molar refractivity (Wildman–Crippen MR) is 126 cm³/mol. The fraction of sp³-hybridized carbons (Fsp3) is 0.200. The number of carbonyl (C=O) groups excluding carboxylic acids is 1. The average Bonchev–Trinajstić information content (AvgIpc) is 3.15. The van der Waals surface area contributed by atoms with E-state index in [1.54, 1.807) is 16.7 Å². The second-order valence-corrected chi connectivity index (χ2v) is 7.78. The molecule has 0 fully saturated rings. The number of methoxy groups -OCH3 is 2. The topological polar surface area (TPSA) is 106 Å². The van der Waals surface area contributed by atoms with E-state index in [9.17, 15) is 9.59 Å². The average molecular weight is 440 g/mol. The molecule has 0 unspecified atom stereocenters. The number of carbonyl (C=O) groups is 1. The van der Waals surface area contributed by atoms with Crippen molar-refractivity contribution in [3.05, 3.63) is 80.5 Å². The molecule has 0 saturated carbocycles. The minimum atomic E-state index is -0.237. The van der Waals surface area contributed by atoms with Crippen molar-refractivity contribution in [3.8, 4) is 22.8 Å². The van der Waals surface area contributed by atoms with Crippen LogP contribution in [-0.2, 0) is 6.54 Å². The third-order valence-corrected chi connectivity index (χ3v) is 6.12. The summed E-state index contributed by atoms with van der Waals surface area (Å²) in [5.41, 5.74) is 10.8. The van der Waals surface area contributed by atoms with Crippen LogP contribution in [0.5, 0.6) is 11.5 Å². The molecule has 8 nitrogen and oxygen atoms in total. The lowest BCUT2D eigenvalue weighted by molar-refractivity contribution is 0.104. The first-order chi connectivity index (χ1) is 16.1. The van der Waals surface area contributed by atoms with Crippen molar-refractivity contribution in [2.24, 2.45) is 5.11 Å². The van der Waals surface area contributed by atoms with Gasteiger partial charge in [0.25, 0.3) is 5.56 Å². The number of ether oxygens (including phenoxy) is 2. The standard InChI is InChI=1S/C25H20N4O4/c1-32-19-12-17-18(13-20(19)33-2)25(31)29(11-5-10-27-28-26)23-16-9-8-14-6-3-4-7-15(14)21(16)24(30)22(17)23/h3-4,6-9,12-13H,5,10-11H2,1-2H3. The Kier molecular flexibility index (Phi) is 4.99. The molecule has 8 heteroatoms. The second-order valence-electron chi connectivity index (χ2n) is 7.78. The molecule has 0 radical (unpaired) electrons. The Morgan fingerprint density at radius 1 is 0.939 bits per heavy atom. The van der Waals surface area contributed by atoms with Gasteiger partial charge in [-0.15, -0.1) is 0 Å². The maximum Gasteiger partial charge on any atom is 0.259 e. The molecule has 3 aromatic carbocycles. The summed E-state index contributed by atoms with van der Waals surface area (Å²) < 4.78 is 12.5. The molecule has 0 bridgehead atoms. The molecular weight excluding hydrogens is 420 g/mol. The summed E-state index contributed by atoms with van der Waals surface area (Å²) >= 11 is 0. The fourth-order valence-corrected chi connectivity index (χ4v) is 4.68. The minimum absolute atomic E-state index is 0.127. The molecule has 0 spiro atoms. The minimum Gasteiger partial charge on any atom is -0.493 e. The van der Waals surface area contributed by atoms with Gasteiger partial charge in [-0.05, 0) is 34.9 Å². The molecule has 0 atom stereocenters. The lowest BCUT2D eigenvalue weighted by atomic mass is 9.99. The predicted octanol–water partition coefficient (Wildman–Crippen LogP) is 5.08. The second kappa shape index (κ2) is 8.00. The third-order valence-electron chi connectivity index (χ3n) is 6.12. The highest BCUT2D eigenvalue weighted by atomic mass is 16.5. The van der Waals surface area contributed by atoms with Crippen molar-refractivity contribution in [2.75, 3.05) is 20.8 Å². The molecule has 0 saturated heterocycles. The van der Waals surface area contributed by atoms with E-state index in [4.69, 9.17) is 15.0 Å². The number of pyridine rings is 1. The number of hydrogen-bond acceptors (Lipinski definition) is 5. The van der Waals surface area contributed by atoms with Crippen LogP contribution in [0.1, 0.15) is 22.3 Å². The Labute approximate surface area is 188 Å². The molecule has 5 rings (SSSR count). The third kappa shape index (κ3) is 3.03. The van der Waals surface area contributed by atoms with Crippen LogP contribution in [0.2, 0.25) is 0 Å². The first-order valence-electron chi connectivity index (χ1n) is 10.5. The van der Waals surface area contributed by atoms with E-state index < -0.39 is 0 Å². The zero-order valence-corrected chi connectivity index (χ0v) is 18.2. The van der Waals surface area contributed by atoms with Crippen LogP contribution in [-0.4, -0.2) is 31.1 Å². The molecule has 1 aromatic heterocycles. The van der Waals surface area contributed by atoms with Gasteiger partial charge in [-0.3, -0.25) is 9.59 Å². The van der Waals surface area contributed by atoms with Gasteiger partial charge in [0.15, 0.2) is 17.3 Å². The van der Waals surface area contributed by atoms with E-state index in [0.717, 1.165) is 16.3 Å². The van der Waals surface area contributed by atoms with Crippen LogP contribution in [0.4, 0.5) is 0 Å². The van der Waals surface area contributed by atoms with Gasteiger partial charge in [-0.1, -0.05) is 41.5 Å². The number of ketones is 1. The zero-order chi connectivity index (χ0) is 23.1.